The second-order valence-electron chi connectivity index (χ2n) is 6.11. The first kappa shape index (κ1) is 20.8. The van der Waals surface area contributed by atoms with Gasteiger partial charge in [-0.25, -0.2) is 0 Å². The van der Waals surface area contributed by atoms with Gasteiger partial charge in [-0.1, -0.05) is 37.3 Å². The minimum Gasteiger partial charge on any atom is -0.489 e. The van der Waals surface area contributed by atoms with Crippen LogP contribution in [-0.4, -0.2) is 26.2 Å². The molecule has 7 heteroatoms. The Morgan fingerprint density at radius 1 is 1.11 bits per heavy atom. The molecule has 0 saturated heterocycles. The van der Waals surface area contributed by atoms with E-state index in [1.165, 1.54) is 13.2 Å². The summed E-state index contributed by atoms with van der Waals surface area (Å²) in [5.74, 6) is -0.294. The number of ether oxygens (including phenoxy) is 2. The van der Waals surface area contributed by atoms with E-state index in [1.807, 2.05) is 37.3 Å². The zero-order chi connectivity index (χ0) is 19.9. The minimum atomic E-state index is -4.51. The van der Waals surface area contributed by atoms with Crippen molar-refractivity contribution in [3.63, 3.8) is 0 Å². The number of methoxy groups -OCH3 is 1. The molecule has 146 valence electrons. The molecule has 0 aliphatic heterocycles. The summed E-state index contributed by atoms with van der Waals surface area (Å²) in [7, 11) is 1.49. The second kappa shape index (κ2) is 9.41. The van der Waals surface area contributed by atoms with Crippen LogP contribution in [0, 0.1) is 0 Å². The van der Waals surface area contributed by atoms with Crippen molar-refractivity contribution in [3.8, 4) is 5.75 Å². The van der Waals surface area contributed by atoms with Crippen LogP contribution in [0.4, 0.5) is 18.9 Å². The van der Waals surface area contributed by atoms with E-state index in [0.29, 0.717) is 0 Å². The first-order valence-electron chi connectivity index (χ1n) is 8.49. The molecule has 0 radical (unpaired) electrons. The topological polar surface area (TPSA) is 47.6 Å². The quantitative estimate of drug-likeness (QED) is 0.664. The summed E-state index contributed by atoms with van der Waals surface area (Å²) in [6, 6.07) is 12.4. The third-order valence-corrected chi connectivity index (χ3v) is 3.99. The summed E-state index contributed by atoms with van der Waals surface area (Å²) < 4.78 is 49.3. The van der Waals surface area contributed by atoms with Crippen molar-refractivity contribution in [1.29, 1.82) is 0 Å². The van der Waals surface area contributed by atoms with Crippen LogP contribution in [0.3, 0.4) is 0 Å². The van der Waals surface area contributed by atoms with Crippen LogP contribution in [0.25, 0.3) is 0 Å². The Hall–Kier alpha value is -2.54. The molecule has 2 aromatic carbocycles. The number of alkyl halides is 3. The Balaban J connectivity index is 2.14. The lowest BCUT2D eigenvalue weighted by atomic mass is 9.97. The number of carbonyl (C=O) groups excluding carboxylic acids is 1. The normalized spacial score (nSPS) is 12.5. The van der Waals surface area contributed by atoms with E-state index in [2.05, 4.69) is 5.32 Å². The summed E-state index contributed by atoms with van der Waals surface area (Å²) >= 11 is 0. The fourth-order valence-electron chi connectivity index (χ4n) is 2.54. The Morgan fingerprint density at radius 3 is 2.44 bits per heavy atom. The Bertz CT molecular complexity index is 748. The number of halogens is 3. The van der Waals surface area contributed by atoms with Crippen molar-refractivity contribution >= 4 is 11.6 Å². The van der Waals surface area contributed by atoms with Gasteiger partial charge in [-0.2, -0.15) is 13.2 Å². The van der Waals surface area contributed by atoms with Gasteiger partial charge >= 0.3 is 6.18 Å². The molecule has 1 amide bonds. The highest BCUT2D eigenvalue weighted by molar-refractivity contribution is 5.92. The van der Waals surface area contributed by atoms with Gasteiger partial charge in [0.15, 0.2) is 0 Å². The number of anilines is 1. The summed E-state index contributed by atoms with van der Waals surface area (Å²) in [5, 5.41) is 2.55. The lowest BCUT2D eigenvalue weighted by Gasteiger charge is -2.17. The van der Waals surface area contributed by atoms with Crippen molar-refractivity contribution in [1.82, 2.24) is 0 Å². The summed E-state index contributed by atoms with van der Waals surface area (Å²) in [6.45, 7) is 2.32. The average Bonchev–Trinajstić information content (AvgIpc) is 2.62. The van der Waals surface area contributed by atoms with Crippen LogP contribution in [-0.2, 0) is 15.7 Å². The molecule has 0 heterocycles. The van der Waals surface area contributed by atoms with Crippen LogP contribution in [0.15, 0.2) is 48.5 Å². The molecule has 0 fully saturated rings. The third kappa shape index (κ3) is 6.29. The van der Waals surface area contributed by atoms with Gasteiger partial charge in [-0.3, -0.25) is 4.79 Å². The van der Waals surface area contributed by atoms with Gasteiger partial charge in [0.25, 0.3) is 0 Å². The summed E-state index contributed by atoms with van der Waals surface area (Å²) in [4.78, 5) is 12.4. The summed E-state index contributed by atoms with van der Waals surface area (Å²) in [6.07, 6.45) is -4.38. The fraction of sp³-hybridized carbons (Fsp3) is 0.350. The number of hydrogen-bond donors (Lipinski definition) is 1. The van der Waals surface area contributed by atoms with Gasteiger partial charge in [0, 0.05) is 13.5 Å². The smallest absolute Gasteiger partial charge is 0.416 e. The highest BCUT2D eigenvalue weighted by Gasteiger charge is 2.31. The molecule has 0 bridgehead atoms. The van der Waals surface area contributed by atoms with E-state index in [-0.39, 0.29) is 42.9 Å². The number of hydrogen-bond acceptors (Lipinski definition) is 3. The van der Waals surface area contributed by atoms with Gasteiger partial charge in [0.2, 0.25) is 5.91 Å². The number of carbonyl (C=O) groups is 1. The van der Waals surface area contributed by atoms with Crippen molar-refractivity contribution < 1.29 is 27.4 Å². The molecular formula is C20H22F3NO3. The predicted octanol–water partition coefficient (Wildman–Crippen LogP) is 4.86. The standard InChI is InChI=1S/C20H22F3NO3/c1-14(15-6-4-3-5-7-15)12-19(25)24-17-13-16(20(21,22)23)8-9-18(17)27-11-10-26-2/h3-9,13-14H,10-12H2,1-2H3,(H,24,25). The number of benzene rings is 2. The molecule has 2 rings (SSSR count). The molecule has 2 aromatic rings. The Kier molecular flexibility index (Phi) is 7.24. The van der Waals surface area contributed by atoms with Gasteiger partial charge in [-0.15, -0.1) is 0 Å². The van der Waals surface area contributed by atoms with Crippen molar-refractivity contribution in [3.05, 3.63) is 59.7 Å². The number of nitrogens with one attached hydrogen (secondary N) is 1. The largest absolute Gasteiger partial charge is 0.489 e. The first-order chi connectivity index (χ1) is 12.8. The van der Waals surface area contributed by atoms with E-state index >= 15 is 0 Å². The molecule has 4 nitrogen and oxygen atoms in total. The van der Waals surface area contributed by atoms with Crippen LogP contribution >= 0.6 is 0 Å². The Labute approximate surface area is 156 Å². The average molecular weight is 381 g/mol. The zero-order valence-corrected chi connectivity index (χ0v) is 15.2. The molecule has 1 unspecified atom stereocenters. The van der Waals surface area contributed by atoms with Crippen molar-refractivity contribution in [2.45, 2.75) is 25.4 Å². The monoisotopic (exact) mass is 381 g/mol. The highest BCUT2D eigenvalue weighted by Crippen LogP contribution is 2.35. The minimum absolute atomic E-state index is 0.00816. The van der Waals surface area contributed by atoms with E-state index in [9.17, 15) is 18.0 Å². The first-order valence-corrected chi connectivity index (χ1v) is 8.49. The van der Waals surface area contributed by atoms with E-state index < -0.39 is 11.7 Å². The molecule has 1 N–H and O–H groups in total. The van der Waals surface area contributed by atoms with Crippen LogP contribution in [0.2, 0.25) is 0 Å². The van der Waals surface area contributed by atoms with Gasteiger partial charge < -0.3 is 14.8 Å². The maximum absolute atomic E-state index is 13.0. The zero-order valence-electron chi connectivity index (χ0n) is 15.2. The van der Waals surface area contributed by atoms with Crippen LogP contribution in [0.5, 0.6) is 5.75 Å². The van der Waals surface area contributed by atoms with E-state index in [4.69, 9.17) is 9.47 Å². The molecule has 0 saturated carbocycles. The Morgan fingerprint density at radius 2 is 1.81 bits per heavy atom. The predicted molar refractivity (Wildman–Crippen MR) is 96.9 cm³/mol. The highest BCUT2D eigenvalue weighted by atomic mass is 19.4. The maximum atomic E-state index is 13.0. The van der Waals surface area contributed by atoms with E-state index in [1.54, 1.807) is 0 Å². The molecular weight excluding hydrogens is 359 g/mol. The van der Waals surface area contributed by atoms with Gasteiger partial charge in [-0.05, 0) is 29.7 Å². The molecule has 1 atom stereocenters. The number of rotatable bonds is 8. The SMILES string of the molecule is COCCOc1ccc(C(F)(F)F)cc1NC(=O)CC(C)c1ccccc1. The lowest BCUT2D eigenvalue weighted by molar-refractivity contribution is -0.137. The van der Waals surface area contributed by atoms with E-state index in [0.717, 1.165) is 17.7 Å². The maximum Gasteiger partial charge on any atom is 0.416 e. The molecule has 0 aliphatic carbocycles. The molecule has 0 spiro atoms. The molecule has 0 aromatic heterocycles. The second-order valence-corrected chi connectivity index (χ2v) is 6.11. The number of amides is 1. The lowest BCUT2D eigenvalue weighted by Crippen LogP contribution is -2.17. The molecule has 0 aliphatic rings. The van der Waals surface area contributed by atoms with Gasteiger partial charge in [0.05, 0.1) is 17.9 Å². The van der Waals surface area contributed by atoms with Crippen LogP contribution in [0.1, 0.15) is 30.4 Å². The summed E-state index contributed by atoms with van der Waals surface area (Å²) in [5.41, 5.74) is 0.118. The molecule has 27 heavy (non-hydrogen) atoms. The van der Waals surface area contributed by atoms with Crippen molar-refractivity contribution in [2.24, 2.45) is 0 Å². The van der Waals surface area contributed by atoms with Gasteiger partial charge in [0.1, 0.15) is 12.4 Å². The fourth-order valence-corrected chi connectivity index (χ4v) is 2.54. The third-order valence-electron chi connectivity index (χ3n) is 3.99. The van der Waals surface area contributed by atoms with Crippen LogP contribution < -0.4 is 10.1 Å². The van der Waals surface area contributed by atoms with Crippen molar-refractivity contribution in [2.75, 3.05) is 25.6 Å².